The Morgan fingerprint density at radius 1 is 1.50 bits per heavy atom. The largest absolute Gasteiger partial charge is 0.396 e. The maximum Gasteiger partial charge on any atom is 0.250 e. The topological polar surface area (TPSA) is 81.1 Å². The summed E-state index contributed by atoms with van der Waals surface area (Å²) in [6, 6.07) is 0. The monoisotopic (exact) mass is 223 g/mol. The van der Waals surface area contributed by atoms with Crippen LogP contribution in [0.25, 0.3) is 0 Å². The Hall–Kier alpha value is -1.36. The highest BCUT2D eigenvalue weighted by Crippen LogP contribution is 2.25. The first-order valence-corrected chi connectivity index (χ1v) is 5.62. The minimum absolute atomic E-state index is 0.00769. The molecule has 0 saturated heterocycles. The standard InChI is InChI=1S/C11H17N3O2/c1-7-10(12)6-14(13-7)11(16)8-2-4-9(15)5-3-8/h6,8-9,15H,2-5,12H2,1H3. The van der Waals surface area contributed by atoms with Gasteiger partial charge >= 0.3 is 0 Å². The summed E-state index contributed by atoms with van der Waals surface area (Å²) in [6.45, 7) is 1.78. The van der Waals surface area contributed by atoms with Crippen molar-refractivity contribution in [1.82, 2.24) is 9.78 Å². The van der Waals surface area contributed by atoms with Crippen LogP contribution in [0, 0.1) is 12.8 Å². The third-order valence-electron chi connectivity index (χ3n) is 3.21. The summed E-state index contributed by atoms with van der Waals surface area (Å²) in [5, 5.41) is 13.5. The van der Waals surface area contributed by atoms with E-state index in [9.17, 15) is 9.90 Å². The summed E-state index contributed by atoms with van der Waals surface area (Å²) in [5.74, 6) is -0.0335. The number of aryl methyl sites for hydroxylation is 1. The molecule has 1 heterocycles. The van der Waals surface area contributed by atoms with Gasteiger partial charge in [-0.15, -0.1) is 0 Å². The molecule has 0 unspecified atom stereocenters. The second kappa shape index (κ2) is 4.25. The van der Waals surface area contributed by atoms with Crippen LogP contribution in [0.4, 0.5) is 5.69 Å². The number of anilines is 1. The van der Waals surface area contributed by atoms with Gasteiger partial charge in [-0.2, -0.15) is 5.10 Å². The first-order valence-electron chi connectivity index (χ1n) is 5.62. The van der Waals surface area contributed by atoms with Crippen LogP contribution < -0.4 is 5.73 Å². The number of carbonyl (C=O) groups excluding carboxylic acids is 1. The summed E-state index contributed by atoms with van der Waals surface area (Å²) in [4.78, 5) is 12.0. The molecular formula is C11H17N3O2. The van der Waals surface area contributed by atoms with Gasteiger partial charge in [-0.25, -0.2) is 4.68 Å². The van der Waals surface area contributed by atoms with Gasteiger partial charge in [0.1, 0.15) is 0 Å². The molecule has 1 aromatic rings. The van der Waals surface area contributed by atoms with Gasteiger partial charge in [0.2, 0.25) is 5.91 Å². The van der Waals surface area contributed by atoms with E-state index in [-0.39, 0.29) is 17.9 Å². The highest BCUT2D eigenvalue weighted by Gasteiger charge is 2.26. The molecule has 0 bridgehead atoms. The van der Waals surface area contributed by atoms with Crippen molar-refractivity contribution in [2.24, 2.45) is 5.92 Å². The summed E-state index contributed by atoms with van der Waals surface area (Å²) >= 11 is 0. The minimum Gasteiger partial charge on any atom is -0.396 e. The quantitative estimate of drug-likeness (QED) is 0.743. The molecule has 0 atom stereocenters. The molecule has 16 heavy (non-hydrogen) atoms. The molecule has 1 aliphatic carbocycles. The van der Waals surface area contributed by atoms with Gasteiger partial charge in [0.05, 0.1) is 23.7 Å². The summed E-state index contributed by atoms with van der Waals surface area (Å²) in [5.41, 5.74) is 6.88. The zero-order valence-electron chi connectivity index (χ0n) is 9.39. The van der Waals surface area contributed by atoms with Crippen molar-refractivity contribution in [3.8, 4) is 0 Å². The maximum absolute atomic E-state index is 12.0. The molecule has 1 aliphatic rings. The molecule has 1 fully saturated rings. The molecule has 88 valence electrons. The SMILES string of the molecule is Cc1nn(C(=O)C2CCC(O)CC2)cc1N. The van der Waals surface area contributed by atoms with E-state index in [1.165, 1.54) is 4.68 Å². The Morgan fingerprint density at radius 3 is 2.62 bits per heavy atom. The highest BCUT2D eigenvalue weighted by molar-refractivity contribution is 5.81. The number of hydrogen-bond donors (Lipinski definition) is 2. The van der Waals surface area contributed by atoms with Gasteiger partial charge in [0, 0.05) is 5.92 Å². The number of aliphatic hydroxyl groups excluding tert-OH is 1. The molecule has 5 heteroatoms. The van der Waals surface area contributed by atoms with E-state index in [0.29, 0.717) is 24.2 Å². The Morgan fingerprint density at radius 2 is 2.12 bits per heavy atom. The van der Waals surface area contributed by atoms with Crippen LogP contribution in [-0.4, -0.2) is 26.9 Å². The van der Waals surface area contributed by atoms with Gasteiger partial charge in [-0.05, 0) is 32.6 Å². The van der Waals surface area contributed by atoms with Crippen molar-refractivity contribution in [3.05, 3.63) is 11.9 Å². The first kappa shape index (κ1) is 11.1. The predicted molar refractivity (Wildman–Crippen MR) is 60.0 cm³/mol. The van der Waals surface area contributed by atoms with Gasteiger partial charge in [0.25, 0.3) is 0 Å². The lowest BCUT2D eigenvalue weighted by molar-refractivity contribution is 0.0672. The fourth-order valence-electron chi connectivity index (χ4n) is 2.10. The van der Waals surface area contributed by atoms with Crippen molar-refractivity contribution in [2.75, 3.05) is 5.73 Å². The summed E-state index contributed by atoms with van der Waals surface area (Å²) < 4.78 is 1.34. The zero-order valence-corrected chi connectivity index (χ0v) is 9.39. The van der Waals surface area contributed by atoms with Crippen molar-refractivity contribution < 1.29 is 9.90 Å². The van der Waals surface area contributed by atoms with Crippen molar-refractivity contribution in [3.63, 3.8) is 0 Å². The van der Waals surface area contributed by atoms with Crippen LogP contribution in [0.15, 0.2) is 6.20 Å². The number of carbonyl (C=O) groups is 1. The molecule has 0 spiro atoms. The zero-order chi connectivity index (χ0) is 11.7. The van der Waals surface area contributed by atoms with Crippen LogP contribution in [0.2, 0.25) is 0 Å². The predicted octanol–water partition coefficient (Wildman–Crippen LogP) is 0.965. The molecule has 5 nitrogen and oxygen atoms in total. The average Bonchev–Trinajstić information content (AvgIpc) is 2.59. The van der Waals surface area contributed by atoms with E-state index in [1.54, 1.807) is 13.1 Å². The third-order valence-corrected chi connectivity index (χ3v) is 3.21. The molecule has 1 saturated carbocycles. The summed E-state index contributed by atoms with van der Waals surface area (Å²) in [7, 11) is 0. The number of aliphatic hydroxyl groups is 1. The molecule has 1 aromatic heterocycles. The van der Waals surface area contributed by atoms with Crippen molar-refractivity contribution in [1.29, 1.82) is 0 Å². The fourth-order valence-corrected chi connectivity index (χ4v) is 2.10. The number of hydrogen-bond acceptors (Lipinski definition) is 4. The molecule has 0 aliphatic heterocycles. The Kier molecular flexibility index (Phi) is 2.96. The van der Waals surface area contributed by atoms with Gasteiger partial charge in [0.15, 0.2) is 0 Å². The van der Waals surface area contributed by atoms with E-state index in [1.807, 2.05) is 0 Å². The second-order valence-electron chi connectivity index (χ2n) is 4.46. The number of nitrogens with two attached hydrogens (primary N) is 1. The molecule has 3 N–H and O–H groups in total. The van der Waals surface area contributed by atoms with E-state index in [0.717, 1.165) is 12.8 Å². The van der Waals surface area contributed by atoms with Crippen LogP contribution in [-0.2, 0) is 0 Å². The van der Waals surface area contributed by atoms with Crippen LogP contribution >= 0.6 is 0 Å². The van der Waals surface area contributed by atoms with Gasteiger partial charge in [-0.1, -0.05) is 0 Å². The second-order valence-corrected chi connectivity index (χ2v) is 4.46. The number of aromatic nitrogens is 2. The Bertz CT molecular complexity index is 372. The third kappa shape index (κ3) is 2.09. The molecule has 2 rings (SSSR count). The van der Waals surface area contributed by atoms with Crippen LogP contribution in [0.1, 0.15) is 36.2 Å². The Labute approximate surface area is 94.2 Å². The number of nitrogens with zero attached hydrogens (tertiary/aromatic N) is 2. The van der Waals surface area contributed by atoms with E-state index < -0.39 is 0 Å². The molecular weight excluding hydrogens is 206 g/mol. The van der Waals surface area contributed by atoms with E-state index in [4.69, 9.17) is 5.73 Å². The first-order chi connectivity index (χ1) is 7.58. The molecule has 0 amide bonds. The van der Waals surface area contributed by atoms with Gasteiger partial charge in [-0.3, -0.25) is 4.79 Å². The van der Waals surface area contributed by atoms with Crippen molar-refractivity contribution >= 4 is 11.6 Å². The average molecular weight is 223 g/mol. The smallest absolute Gasteiger partial charge is 0.250 e. The lowest BCUT2D eigenvalue weighted by Crippen LogP contribution is -2.28. The fraction of sp³-hybridized carbons (Fsp3) is 0.636. The van der Waals surface area contributed by atoms with Crippen LogP contribution in [0.5, 0.6) is 0 Å². The molecule has 0 aromatic carbocycles. The van der Waals surface area contributed by atoms with E-state index in [2.05, 4.69) is 5.10 Å². The minimum atomic E-state index is -0.242. The van der Waals surface area contributed by atoms with Crippen LogP contribution in [0.3, 0.4) is 0 Å². The van der Waals surface area contributed by atoms with Crippen molar-refractivity contribution in [2.45, 2.75) is 38.7 Å². The lowest BCUT2D eigenvalue weighted by atomic mass is 9.87. The Balaban J connectivity index is 2.07. The van der Waals surface area contributed by atoms with Gasteiger partial charge < -0.3 is 10.8 Å². The lowest BCUT2D eigenvalue weighted by Gasteiger charge is -2.23. The maximum atomic E-state index is 12.0. The number of nitrogen functional groups attached to an aromatic ring is 1. The normalized spacial score (nSPS) is 25.6. The number of rotatable bonds is 1. The summed E-state index contributed by atoms with van der Waals surface area (Å²) in [6.07, 6.45) is 4.20. The highest BCUT2D eigenvalue weighted by atomic mass is 16.3. The van der Waals surface area contributed by atoms with E-state index >= 15 is 0 Å². The molecule has 0 radical (unpaired) electrons.